The Hall–Kier alpha value is -1.99. The molecular weight excluding hydrogens is 223 g/mol. The Balaban J connectivity index is 2.23. The van der Waals surface area contributed by atoms with Crippen LogP contribution in [-0.4, -0.2) is 25.6 Å². The maximum absolute atomic E-state index is 12.4. The van der Waals surface area contributed by atoms with Crippen LogP contribution in [0, 0.1) is 0 Å². The van der Waals surface area contributed by atoms with Crippen molar-refractivity contribution in [3.05, 3.63) is 35.4 Å². The summed E-state index contributed by atoms with van der Waals surface area (Å²) in [6.07, 6.45) is -3.15. The Morgan fingerprint density at radius 1 is 1.31 bits per heavy atom. The molecule has 0 saturated heterocycles. The van der Waals surface area contributed by atoms with Crippen LogP contribution in [0.5, 0.6) is 0 Å². The number of H-pyrrole nitrogens is 1. The minimum Gasteiger partial charge on any atom is -0.261 e. The number of halogens is 3. The van der Waals surface area contributed by atoms with E-state index in [1.165, 1.54) is 0 Å². The van der Waals surface area contributed by atoms with E-state index in [1.54, 1.807) is 0 Å². The summed E-state index contributed by atoms with van der Waals surface area (Å²) in [4.78, 5) is 3.81. The quantitative estimate of drug-likeness (QED) is 0.840. The van der Waals surface area contributed by atoms with E-state index in [0.29, 0.717) is 5.82 Å². The van der Waals surface area contributed by atoms with Gasteiger partial charge in [0.25, 0.3) is 0 Å². The van der Waals surface area contributed by atoms with Gasteiger partial charge in [-0.1, -0.05) is 5.21 Å². The Labute approximate surface area is 87.7 Å². The first kappa shape index (κ1) is 10.5. The lowest BCUT2D eigenvalue weighted by Gasteiger charge is -2.06. The van der Waals surface area contributed by atoms with Crippen LogP contribution in [0.1, 0.15) is 17.1 Å². The van der Waals surface area contributed by atoms with Crippen molar-refractivity contribution in [2.24, 2.45) is 0 Å². The van der Waals surface area contributed by atoms with Gasteiger partial charge < -0.3 is 0 Å². The summed E-state index contributed by atoms with van der Waals surface area (Å²) >= 11 is 0. The van der Waals surface area contributed by atoms with Crippen molar-refractivity contribution in [1.82, 2.24) is 25.6 Å². The molecule has 0 aromatic carbocycles. The molecule has 0 aliphatic carbocycles. The molecule has 8 heteroatoms. The molecule has 0 amide bonds. The van der Waals surface area contributed by atoms with E-state index in [0.717, 1.165) is 18.3 Å². The van der Waals surface area contributed by atoms with Gasteiger partial charge in [-0.15, -0.1) is 10.2 Å². The third-order valence-corrected chi connectivity index (χ3v) is 1.87. The minimum atomic E-state index is -4.37. The van der Waals surface area contributed by atoms with E-state index < -0.39 is 11.7 Å². The van der Waals surface area contributed by atoms with Crippen molar-refractivity contribution in [2.45, 2.75) is 12.6 Å². The zero-order valence-electron chi connectivity index (χ0n) is 7.86. The summed E-state index contributed by atoms with van der Waals surface area (Å²) in [5.74, 6) is 0.298. The highest BCUT2D eigenvalue weighted by Gasteiger charge is 2.30. The molecule has 0 aliphatic rings. The molecule has 0 radical (unpaired) electrons. The lowest BCUT2D eigenvalue weighted by atomic mass is 10.2. The minimum absolute atomic E-state index is 0.112. The van der Waals surface area contributed by atoms with E-state index in [4.69, 9.17) is 0 Å². The van der Waals surface area contributed by atoms with Gasteiger partial charge in [-0.25, -0.2) is 0 Å². The average Bonchev–Trinajstić information content (AvgIpc) is 2.70. The van der Waals surface area contributed by atoms with Gasteiger partial charge in [0.05, 0.1) is 12.0 Å². The van der Waals surface area contributed by atoms with Crippen LogP contribution in [0.2, 0.25) is 0 Å². The molecule has 0 bridgehead atoms. The Morgan fingerprint density at radius 3 is 2.75 bits per heavy atom. The highest BCUT2D eigenvalue weighted by molar-refractivity contribution is 5.21. The number of hydrogen-bond acceptors (Lipinski definition) is 4. The molecule has 2 rings (SSSR count). The topological polar surface area (TPSA) is 67.3 Å². The first-order valence-electron chi connectivity index (χ1n) is 4.30. The van der Waals surface area contributed by atoms with Crippen LogP contribution in [0.15, 0.2) is 18.3 Å². The van der Waals surface area contributed by atoms with Gasteiger partial charge in [0.2, 0.25) is 0 Å². The molecule has 2 aromatic rings. The van der Waals surface area contributed by atoms with E-state index in [-0.39, 0.29) is 12.1 Å². The number of nitrogens with one attached hydrogen (secondary N) is 1. The summed E-state index contributed by atoms with van der Waals surface area (Å²) < 4.78 is 37.1. The molecule has 0 spiro atoms. The number of alkyl halides is 3. The molecule has 0 unspecified atom stereocenters. The molecule has 1 N–H and O–H groups in total. The van der Waals surface area contributed by atoms with Crippen LogP contribution in [-0.2, 0) is 12.6 Å². The zero-order chi connectivity index (χ0) is 11.6. The van der Waals surface area contributed by atoms with Gasteiger partial charge in [-0.05, 0) is 12.1 Å². The zero-order valence-corrected chi connectivity index (χ0v) is 7.86. The highest BCUT2D eigenvalue weighted by atomic mass is 19.4. The molecule has 5 nitrogen and oxygen atoms in total. The van der Waals surface area contributed by atoms with Crippen molar-refractivity contribution in [3.63, 3.8) is 0 Å². The Morgan fingerprint density at radius 2 is 2.12 bits per heavy atom. The lowest BCUT2D eigenvalue weighted by molar-refractivity contribution is -0.137. The second kappa shape index (κ2) is 3.87. The maximum atomic E-state index is 12.4. The molecule has 16 heavy (non-hydrogen) atoms. The summed E-state index contributed by atoms with van der Waals surface area (Å²) in [6.45, 7) is 0. The SMILES string of the molecule is FC(F)(F)c1ccnc(Cc2nn[nH]n2)c1. The third kappa shape index (κ3) is 2.33. The number of nitrogens with zero attached hydrogens (tertiary/aromatic N) is 4. The number of hydrogen-bond donors (Lipinski definition) is 1. The largest absolute Gasteiger partial charge is 0.416 e. The molecule has 0 atom stereocenters. The second-order valence-corrected chi connectivity index (χ2v) is 3.04. The van der Waals surface area contributed by atoms with Crippen molar-refractivity contribution in [1.29, 1.82) is 0 Å². The number of aromatic amines is 1. The first-order chi connectivity index (χ1) is 7.55. The molecule has 2 heterocycles. The first-order valence-corrected chi connectivity index (χ1v) is 4.30. The van der Waals surface area contributed by atoms with Gasteiger partial charge in [0.15, 0.2) is 5.82 Å². The normalized spacial score (nSPS) is 11.7. The fraction of sp³-hybridized carbons (Fsp3) is 0.250. The van der Waals surface area contributed by atoms with Crippen LogP contribution < -0.4 is 0 Å². The summed E-state index contributed by atoms with van der Waals surface area (Å²) in [6, 6.07) is 1.89. The predicted octanol–water partition coefficient (Wildman–Crippen LogP) is 1.20. The fourth-order valence-corrected chi connectivity index (χ4v) is 1.17. The summed E-state index contributed by atoms with van der Waals surface area (Å²) in [5.41, 5.74) is -0.489. The molecular formula is C8H6F3N5. The maximum Gasteiger partial charge on any atom is 0.416 e. The number of tetrazole rings is 1. The molecule has 0 fully saturated rings. The molecule has 2 aromatic heterocycles. The van der Waals surface area contributed by atoms with Crippen LogP contribution >= 0.6 is 0 Å². The summed E-state index contributed by atoms with van der Waals surface area (Å²) in [7, 11) is 0. The van der Waals surface area contributed by atoms with Crippen LogP contribution in [0.25, 0.3) is 0 Å². The third-order valence-electron chi connectivity index (χ3n) is 1.87. The standard InChI is InChI=1S/C8H6F3N5/c9-8(10,11)5-1-2-12-6(3-5)4-7-13-15-16-14-7/h1-3H,4H2,(H,13,14,15,16). The Bertz CT molecular complexity index is 465. The van der Waals surface area contributed by atoms with E-state index in [1.807, 2.05) is 0 Å². The number of aromatic nitrogens is 5. The van der Waals surface area contributed by atoms with Crippen LogP contribution in [0.3, 0.4) is 0 Å². The van der Waals surface area contributed by atoms with Crippen LogP contribution in [0.4, 0.5) is 13.2 Å². The molecule has 0 saturated carbocycles. The van der Waals surface area contributed by atoms with Gasteiger partial charge in [0.1, 0.15) is 0 Å². The van der Waals surface area contributed by atoms with Crippen molar-refractivity contribution >= 4 is 0 Å². The highest BCUT2D eigenvalue weighted by Crippen LogP contribution is 2.29. The van der Waals surface area contributed by atoms with Gasteiger partial charge in [-0.2, -0.15) is 18.4 Å². The van der Waals surface area contributed by atoms with Gasteiger partial charge in [0, 0.05) is 11.9 Å². The van der Waals surface area contributed by atoms with E-state index in [9.17, 15) is 13.2 Å². The number of pyridine rings is 1. The van der Waals surface area contributed by atoms with Crippen molar-refractivity contribution in [3.8, 4) is 0 Å². The van der Waals surface area contributed by atoms with Gasteiger partial charge in [-0.3, -0.25) is 4.98 Å². The lowest BCUT2D eigenvalue weighted by Crippen LogP contribution is -2.06. The van der Waals surface area contributed by atoms with Gasteiger partial charge >= 0.3 is 6.18 Å². The van der Waals surface area contributed by atoms with E-state index >= 15 is 0 Å². The molecule has 84 valence electrons. The van der Waals surface area contributed by atoms with E-state index in [2.05, 4.69) is 25.6 Å². The fourth-order valence-electron chi connectivity index (χ4n) is 1.17. The van der Waals surface area contributed by atoms with Crippen molar-refractivity contribution < 1.29 is 13.2 Å². The predicted molar refractivity (Wildman–Crippen MR) is 46.2 cm³/mol. The smallest absolute Gasteiger partial charge is 0.261 e. The monoisotopic (exact) mass is 229 g/mol. The number of rotatable bonds is 2. The average molecular weight is 229 g/mol. The van der Waals surface area contributed by atoms with Crippen molar-refractivity contribution in [2.75, 3.05) is 0 Å². The second-order valence-electron chi connectivity index (χ2n) is 3.04. The Kier molecular flexibility index (Phi) is 2.55. The molecule has 0 aliphatic heterocycles. The summed E-state index contributed by atoms with van der Waals surface area (Å²) in [5, 5.41) is 12.8.